The number of phenols is 1. The number of likely N-dealkylation sites (tertiary alicyclic amines) is 1. The van der Waals surface area contributed by atoms with Crippen LogP contribution in [0.4, 0.5) is 4.79 Å². The number of hydrogen-bond donors (Lipinski definition) is 5. The average Bonchev–Trinajstić information content (AvgIpc) is 3.24. The van der Waals surface area contributed by atoms with Crippen molar-refractivity contribution in [2.75, 3.05) is 25.4 Å². The molecule has 0 aromatic heterocycles. The molecule has 66 heavy (non-hydrogen) atoms. The van der Waals surface area contributed by atoms with Gasteiger partial charge >= 0.3 is 18.0 Å². The number of esters is 1. The van der Waals surface area contributed by atoms with E-state index in [1.54, 1.807) is 64.1 Å². The highest BCUT2D eigenvalue weighted by Gasteiger charge is 2.43. The van der Waals surface area contributed by atoms with Gasteiger partial charge in [-0.1, -0.05) is 55.7 Å². The van der Waals surface area contributed by atoms with Gasteiger partial charge in [0.25, 0.3) is 5.91 Å². The van der Waals surface area contributed by atoms with Gasteiger partial charge < -0.3 is 40.4 Å². The Morgan fingerprint density at radius 2 is 1.56 bits per heavy atom. The molecular formula is C51H70N4O10S. The minimum Gasteiger partial charge on any atom is -0.508 e. The molecule has 3 aromatic rings. The first-order valence-electron chi connectivity index (χ1n) is 23.2. The largest absolute Gasteiger partial charge is 0.508 e. The van der Waals surface area contributed by atoms with Crippen molar-refractivity contribution in [2.24, 2.45) is 11.8 Å². The number of carbonyl (C=O) groups excluding carboxylic acids is 4. The highest BCUT2D eigenvalue weighted by atomic mass is 32.2. The number of phenolic OH excluding ortho intramolecular Hbond substituents is 1. The molecule has 3 amide bonds. The van der Waals surface area contributed by atoms with Crippen LogP contribution < -0.4 is 20.7 Å². The first kappa shape index (κ1) is 51.7. The normalized spacial score (nSPS) is 19.0. The van der Waals surface area contributed by atoms with Crippen molar-refractivity contribution in [3.63, 3.8) is 0 Å². The maximum atomic E-state index is 14.1. The Balaban J connectivity index is 1.29. The van der Waals surface area contributed by atoms with E-state index in [0.717, 1.165) is 30.6 Å². The Bertz CT molecular complexity index is 2090. The molecule has 3 aromatic carbocycles. The van der Waals surface area contributed by atoms with E-state index in [-0.39, 0.29) is 31.0 Å². The number of aromatic hydroxyl groups is 1. The van der Waals surface area contributed by atoms with Gasteiger partial charge in [0.15, 0.2) is 0 Å². The van der Waals surface area contributed by atoms with E-state index in [4.69, 9.17) is 14.2 Å². The minimum atomic E-state index is -1.18. The van der Waals surface area contributed by atoms with E-state index in [1.165, 1.54) is 17.8 Å². The molecule has 1 aliphatic heterocycles. The number of nitrogens with one attached hydrogen (secondary N) is 3. The molecule has 1 saturated carbocycles. The number of unbranched alkanes of at least 4 members (excludes halogenated alkanes) is 1. The van der Waals surface area contributed by atoms with E-state index in [9.17, 15) is 34.2 Å². The molecule has 1 saturated heterocycles. The predicted molar refractivity (Wildman–Crippen MR) is 255 cm³/mol. The van der Waals surface area contributed by atoms with Crippen LogP contribution in [0.25, 0.3) is 0 Å². The van der Waals surface area contributed by atoms with E-state index in [1.807, 2.05) is 51.1 Å². The van der Waals surface area contributed by atoms with Crippen LogP contribution in [0.2, 0.25) is 0 Å². The number of hydrogen-bond acceptors (Lipinski definition) is 11. The Labute approximate surface area is 394 Å². The third-order valence-electron chi connectivity index (χ3n) is 11.9. The molecule has 0 radical (unpaired) electrons. The SMILES string of the molecule is Cc1c(O)cccc1C(=O)N[C@@H](CSc1ccccc1)[C@@H](CN1C[C@H]2CCCC[C@H]2C[C@H]1C(=O)NC(C)(C)C)OC(=O)CCCCOc1ccc(C[C@H](NC(=O)OC(C)(C)C)C(=O)O)cc1. The van der Waals surface area contributed by atoms with Crippen LogP contribution in [0.1, 0.15) is 114 Å². The lowest BCUT2D eigenvalue weighted by Gasteiger charge is -2.47. The third-order valence-corrected chi connectivity index (χ3v) is 13.0. The van der Waals surface area contributed by atoms with Crippen molar-refractivity contribution >= 4 is 41.6 Å². The van der Waals surface area contributed by atoms with Gasteiger partial charge in [-0.25, -0.2) is 9.59 Å². The molecular weight excluding hydrogens is 861 g/mol. The smallest absolute Gasteiger partial charge is 0.408 e. The van der Waals surface area contributed by atoms with Gasteiger partial charge in [-0.3, -0.25) is 19.3 Å². The van der Waals surface area contributed by atoms with E-state index in [2.05, 4.69) is 20.9 Å². The van der Waals surface area contributed by atoms with Crippen molar-refractivity contribution < 1.29 is 48.4 Å². The summed E-state index contributed by atoms with van der Waals surface area (Å²) in [5.41, 5.74) is 0.223. The first-order chi connectivity index (χ1) is 31.2. The van der Waals surface area contributed by atoms with E-state index >= 15 is 0 Å². The quantitative estimate of drug-likeness (QED) is 0.0417. The summed E-state index contributed by atoms with van der Waals surface area (Å²) in [5.74, 6) is -0.290. The number of alkyl carbamates (subject to hydrolysis) is 1. The van der Waals surface area contributed by atoms with Gasteiger partial charge in [0, 0.05) is 53.2 Å². The Morgan fingerprint density at radius 3 is 2.23 bits per heavy atom. The molecule has 1 aliphatic carbocycles. The summed E-state index contributed by atoms with van der Waals surface area (Å²) in [4.78, 5) is 69.3. The minimum absolute atomic E-state index is 0.00320. The van der Waals surface area contributed by atoms with Crippen LogP contribution >= 0.6 is 11.8 Å². The van der Waals surface area contributed by atoms with Gasteiger partial charge in [0.05, 0.1) is 18.7 Å². The molecule has 5 rings (SSSR count). The molecule has 0 spiro atoms. The lowest BCUT2D eigenvalue weighted by atomic mass is 9.72. The number of benzene rings is 3. The van der Waals surface area contributed by atoms with Crippen LogP contribution in [-0.2, 0) is 30.3 Å². The van der Waals surface area contributed by atoms with Crippen LogP contribution in [0, 0.1) is 18.8 Å². The van der Waals surface area contributed by atoms with Crippen molar-refractivity contribution in [3.8, 4) is 11.5 Å². The Hall–Kier alpha value is -5.28. The first-order valence-corrected chi connectivity index (χ1v) is 24.2. The second-order valence-electron chi connectivity index (χ2n) is 19.6. The lowest BCUT2D eigenvalue weighted by Crippen LogP contribution is -2.61. The average molecular weight is 931 g/mol. The molecule has 2 fully saturated rings. The van der Waals surface area contributed by atoms with Crippen LogP contribution in [0.3, 0.4) is 0 Å². The van der Waals surface area contributed by atoms with Crippen molar-refractivity contribution in [1.29, 1.82) is 0 Å². The van der Waals surface area contributed by atoms with Crippen LogP contribution in [0.15, 0.2) is 77.7 Å². The van der Waals surface area contributed by atoms with Crippen LogP contribution in [0.5, 0.6) is 11.5 Å². The number of ether oxygens (including phenoxy) is 3. The van der Waals surface area contributed by atoms with Crippen molar-refractivity contribution in [2.45, 2.75) is 147 Å². The summed E-state index contributed by atoms with van der Waals surface area (Å²) >= 11 is 1.54. The summed E-state index contributed by atoms with van der Waals surface area (Å²) in [7, 11) is 0. The summed E-state index contributed by atoms with van der Waals surface area (Å²) in [6.45, 7) is 13.9. The number of amides is 3. The monoisotopic (exact) mass is 930 g/mol. The zero-order valence-electron chi connectivity index (χ0n) is 39.6. The molecule has 15 heteroatoms. The molecule has 14 nitrogen and oxygen atoms in total. The number of carboxylic acids is 1. The van der Waals surface area contributed by atoms with Crippen molar-refractivity contribution in [1.82, 2.24) is 20.9 Å². The summed E-state index contributed by atoms with van der Waals surface area (Å²) in [6, 6.07) is 19.3. The third kappa shape index (κ3) is 16.6. The Morgan fingerprint density at radius 1 is 0.864 bits per heavy atom. The van der Waals surface area contributed by atoms with Gasteiger partial charge in [-0.15, -0.1) is 11.8 Å². The Kier molecular flexibility index (Phi) is 18.8. The number of carboxylic acid groups (broad SMARTS) is 1. The lowest BCUT2D eigenvalue weighted by molar-refractivity contribution is -0.153. The standard InChI is InChI=1S/C51H70N4O10S/c1-33-39(20-15-21-43(33)56)46(58)52-41(32-66-38-18-9-8-10-19-38)44(31-55-30-36-17-12-11-16-35(36)29-42(55)47(59)54-50(2,3)4)64-45(57)22-13-14-27-63-37-25-23-34(24-26-37)28-40(48(60)61)53-49(62)65-51(5,6)7/h8-10,15,18-21,23-26,35-36,40-42,44,56H,11-14,16-17,22,27-32H2,1-7H3,(H,52,58)(H,53,62)(H,54,59)(H,60,61)/t35-,36+,40-,41-,42-,44+/m0/s1. The van der Waals surface area contributed by atoms with E-state index in [0.29, 0.717) is 72.4 Å². The molecule has 1 heterocycles. The number of rotatable bonds is 20. The van der Waals surface area contributed by atoms with Gasteiger partial charge in [0.1, 0.15) is 29.2 Å². The highest BCUT2D eigenvalue weighted by Crippen LogP contribution is 2.39. The van der Waals surface area contributed by atoms with Gasteiger partial charge in [0.2, 0.25) is 5.91 Å². The maximum absolute atomic E-state index is 14.1. The van der Waals surface area contributed by atoms with E-state index < -0.39 is 59.3 Å². The number of aliphatic carboxylic acids is 1. The predicted octanol–water partition coefficient (Wildman–Crippen LogP) is 8.07. The molecule has 6 atom stereocenters. The second-order valence-corrected chi connectivity index (χ2v) is 20.7. The fraction of sp³-hybridized carbons (Fsp3) is 0.549. The molecule has 0 bridgehead atoms. The number of thioether (sulfide) groups is 1. The zero-order chi connectivity index (χ0) is 48.0. The zero-order valence-corrected chi connectivity index (χ0v) is 40.4. The molecule has 360 valence electrons. The summed E-state index contributed by atoms with van der Waals surface area (Å²) in [5, 5.41) is 29.0. The van der Waals surface area contributed by atoms with Crippen molar-refractivity contribution in [3.05, 3.63) is 89.5 Å². The number of nitrogens with zero attached hydrogens (tertiary/aromatic N) is 1. The molecule has 2 aliphatic rings. The summed E-state index contributed by atoms with van der Waals surface area (Å²) < 4.78 is 17.6. The number of fused-ring (bicyclic) bond motifs is 1. The number of piperidine rings is 1. The van der Waals surface area contributed by atoms with Gasteiger partial charge in [-0.05, 0) is 128 Å². The summed E-state index contributed by atoms with van der Waals surface area (Å²) in [6.07, 6.45) is 4.67. The second kappa shape index (κ2) is 24.0. The topological polar surface area (TPSA) is 193 Å². The fourth-order valence-corrected chi connectivity index (χ4v) is 9.58. The molecule has 0 unspecified atom stereocenters. The van der Waals surface area contributed by atoms with Crippen LogP contribution in [-0.4, -0.2) is 106 Å². The fourth-order valence-electron chi connectivity index (χ4n) is 8.56. The van der Waals surface area contributed by atoms with Gasteiger partial charge in [-0.2, -0.15) is 0 Å². The highest BCUT2D eigenvalue weighted by molar-refractivity contribution is 7.99. The number of carbonyl (C=O) groups is 5. The molecule has 5 N–H and O–H groups in total. The maximum Gasteiger partial charge on any atom is 0.408 e.